The Labute approximate surface area is 124 Å². The molecular weight excluding hydrogens is 266 g/mol. The minimum absolute atomic E-state index is 0.0271. The van der Waals surface area contributed by atoms with Crippen molar-refractivity contribution < 1.29 is 9.47 Å². The molecule has 0 radical (unpaired) electrons. The van der Waals surface area contributed by atoms with Crippen LogP contribution in [0.2, 0.25) is 0 Å². The van der Waals surface area contributed by atoms with Crippen molar-refractivity contribution in [3.63, 3.8) is 0 Å². The summed E-state index contributed by atoms with van der Waals surface area (Å²) in [6, 6.07) is 10.1. The van der Waals surface area contributed by atoms with Crippen molar-refractivity contribution in [3.05, 3.63) is 47.2 Å². The van der Waals surface area contributed by atoms with Gasteiger partial charge in [0.1, 0.15) is 5.75 Å². The molecule has 0 amide bonds. The zero-order valence-corrected chi connectivity index (χ0v) is 12.3. The SMILES string of the molecule is CCNC(c1ccc2c(c1)CCO2)c1ccc(OC)nn1. The van der Waals surface area contributed by atoms with Crippen LogP contribution in [0.1, 0.15) is 29.8 Å². The standard InChI is InChI=1S/C16H19N3O2/c1-3-17-16(13-5-7-15(20-2)19-18-13)12-4-6-14-11(10-12)8-9-21-14/h4-7,10,16-17H,3,8-9H2,1-2H3. The van der Waals surface area contributed by atoms with E-state index in [4.69, 9.17) is 9.47 Å². The summed E-state index contributed by atoms with van der Waals surface area (Å²) in [5, 5.41) is 11.8. The number of fused-ring (bicyclic) bond motifs is 1. The molecule has 21 heavy (non-hydrogen) atoms. The number of nitrogens with one attached hydrogen (secondary N) is 1. The lowest BCUT2D eigenvalue weighted by molar-refractivity contribution is 0.357. The van der Waals surface area contributed by atoms with Gasteiger partial charge >= 0.3 is 0 Å². The second-order valence-corrected chi connectivity index (χ2v) is 4.96. The molecular formula is C16H19N3O2. The molecule has 0 saturated heterocycles. The average Bonchev–Trinajstić information content (AvgIpc) is 3.00. The highest BCUT2D eigenvalue weighted by Gasteiger charge is 2.19. The van der Waals surface area contributed by atoms with E-state index in [-0.39, 0.29) is 6.04 Å². The van der Waals surface area contributed by atoms with Gasteiger partial charge in [-0.05, 0) is 29.8 Å². The van der Waals surface area contributed by atoms with Gasteiger partial charge in [0.15, 0.2) is 0 Å². The van der Waals surface area contributed by atoms with Crippen molar-refractivity contribution in [1.29, 1.82) is 0 Å². The molecule has 2 heterocycles. The average molecular weight is 285 g/mol. The molecule has 3 rings (SSSR count). The second kappa shape index (κ2) is 6.10. The lowest BCUT2D eigenvalue weighted by Crippen LogP contribution is -2.23. The van der Waals surface area contributed by atoms with Crippen LogP contribution in [-0.2, 0) is 6.42 Å². The summed E-state index contributed by atoms with van der Waals surface area (Å²) in [4.78, 5) is 0. The van der Waals surface area contributed by atoms with Crippen molar-refractivity contribution in [1.82, 2.24) is 15.5 Å². The third-order valence-corrected chi connectivity index (χ3v) is 3.62. The van der Waals surface area contributed by atoms with E-state index < -0.39 is 0 Å². The molecule has 5 heteroatoms. The van der Waals surface area contributed by atoms with Gasteiger partial charge in [0, 0.05) is 12.5 Å². The van der Waals surface area contributed by atoms with E-state index in [2.05, 4.69) is 34.6 Å². The van der Waals surface area contributed by atoms with E-state index in [0.29, 0.717) is 5.88 Å². The van der Waals surface area contributed by atoms with Crippen molar-refractivity contribution in [2.45, 2.75) is 19.4 Å². The Hall–Kier alpha value is -2.14. The summed E-state index contributed by atoms with van der Waals surface area (Å²) in [6.07, 6.45) is 0.969. The molecule has 0 fully saturated rings. The van der Waals surface area contributed by atoms with Crippen LogP contribution in [0.3, 0.4) is 0 Å². The molecule has 1 aromatic heterocycles. The molecule has 5 nitrogen and oxygen atoms in total. The number of nitrogens with zero attached hydrogens (tertiary/aromatic N) is 2. The number of benzene rings is 1. The minimum atomic E-state index is 0.0271. The van der Waals surface area contributed by atoms with Crippen LogP contribution in [0, 0.1) is 0 Å². The largest absolute Gasteiger partial charge is 0.493 e. The molecule has 1 N–H and O–H groups in total. The number of ether oxygens (including phenoxy) is 2. The summed E-state index contributed by atoms with van der Waals surface area (Å²) < 4.78 is 10.6. The first-order valence-electron chi connectivity index (χ1n) is 7.18. The fourth-order valence-electron chi connectivity index (χ4n) is 2.58. The van der Waals surface area contributed by atoms with Crippen LogP contribution >= 0.6 is 0 Å². The number of hydrogen-bond donors (Lipinski definition) is 1. The van der Waals surface area contributed by atoms with Gasteiger partial charge in [0.2, 0.25) is 5.88 Å². The van der Waals surface area contributed by atoms with E-state index in [0.717, 1.165) is 31.0 Å². The van der Waals surface area contributed by atoms with Crippen LogP contribution in [0.25, 0.3) is 0 Å². The molecule has 1 atom stereocenters. The molecule has 1 aliphatic heterocycles. The summed E-state index contributed by atoms with van der Waals surface area (Å²) in [7, 11) is 1.59. The van der Waals surface area contributed by atoms with Gasteiger partial charge in [-0.3, -0.25) is 0 Å². The van der Waals surface area contributed by atoms with Gasteiger partial charge in [0.25, 0.3) is 0 Å². The van der Waals surface area contributed by atoms with Crippen LogP contribution in [0.5, 0.6) is 11.6 Å². The topological polar surface area (TPSA) is 56.3 Å². The molecule has 0 spiro atoms. The second-order valence-electron chi connectivity index (χ2n) is 4.96. The summed E-state index contributed by atoms with van der Waals surface area (Å²) in [6.45, 7) is 3.71. The summed E-state index contributed by atoms with van der Waals surface area (Å²) in [5.74, 6) is 1.52. The Morgan fingerprint density at radius 1 is 1.29 bits per heavy atom. The van der Waals surface area contributed by atoms with Crippen molar-refractivity contribution in [3.8, 4) is 11.6 Å². The molecule has 110 valence electrons. The van der Waals surface area contributed by atoms with Gasteiger partial charge < -0.3 is 14.8 Å². The quantitative estimate of drug-likeness (QED) is 0.912. The zero-order chi connectivity index (χ0) is 14.7. The highest BCUT2D eigenvalue weighted by atomic mass is 16.5. The molecule has 0 aliphatic carbocycles. The maximum Gasteiger partial charge on any atom is 0.233 e. The summed E-state index contributed by atoms with van der Waals surface area (Å²) >= 11 is 0. The van der Waals surface area contributed by atoms with Gasteiger partial charge in [-0.15, -0.1) is 10.2 Å². The van der Waals surface area contributed by atoms with Crippen LogP contribution in [0.4, 0.5) is 0 Å². The number of rotatable bonds is 5. The maximum atomic E-state index is 5.56. The van der Waals surface area contributed by atoms with Crippen LogP contribution in [-0.4, -0.2) is 30.5 Å². The van der Waals surface area contributed by atoms with E-state index in [1.165, 1.54) is 11.1 Å². The van der Waals surface area contributed by atoms with Gasteiger partial charge in [0.05, 0.1) is 25.5 Å². The maximum absolute atomic E-state index is 5.56. The van der Waals surface area contributed by atoms with Crippen LogP contribution < -0.4 is 14.8 Å². The third-order valence-electron chi connectivity index (χ3n) is 3.62. The molecule has 0 saturated carbocycles. The smallest absolute Gasteiger partial charge is 0.233 e. The Kier molecular flexibility index (Phi) is 4.01. The van der Waals surface area contributed by atoms with Gasteiger partial charge in [-0.2, -0.15) is 0 Å². The van der Waals surface area contributed by atoms with Crippen molar-refractivity contribution in [2.75, 3.05) is 20.3 Å². The Balaban J connectivity index is 1.93. The first kappa shape index (κ1) is 13.8. The highest BCUT2D eigenvalue weighted by Crippen LogP contribution is 2.30. The Morgan fingerprint density at radius 3 is 2.90 bits per heavy atom. The molecule has 1 aliphatic rings. The van der Waals surface area contributed by atoms with Crippen molar-refractivity contribution >= 4 is 0 Å². The van der Waals surface area contributed by atoms with Crippen molar-refractivity contribution in [2.24, 2.45) is 0 Å². The third kappa shape index (κ3) is 2.83. The van der Waals surface area contributed by atoms with Gasteiger partial charge in [-0.1, -0.05) is 19.1 Å². The number of hydrogen-bond acceptors (Lipinski definition) is 5. The van der Waals surface area contributed by atoms with Gasteiger partial charge in [-0.25, -0.2) is 0 Å². The monoisotopic (exact) mass is 285 g/mol. The van der Waals surface area contributed by atoms with E-state index in [1.807, 2.05) is 18.2 Å². The fourth-order valence-corrected chi connectivity index (χ4v) is 2.58. The zero-order valence-electron chi connectivity index (χ0n) is 12.3. The Morgan fingerprint density at radius 2 is 2.19 bits per heavy atom. The van der Waals surface area contributed by atoms with E-state index >= 15 is 0 Å². The molecule has 1 unspecified atom stereocenters. The van der Waals surface area contributed by atoms with E-state index in [1.54, 1.807) is 7.11 Å². The molecule has 0 bridgehead atoms. The lowest BCUT2D eigenvalue weighted by atomic mass is 10.00. The number of methoxy groups -OCH3 is 1. The Bertz CT molecular complexity index is 613. The fraction of sp³-hybridized carbons (Fsp3) is 0.375. The number of aromatic nitrogens is 2. The molecule has 1 aromatic carbocycles. The predicted octanol–water partition coefficient (Wildman–Crippen LogP) is 2.12. The normalized spacial score (nSPS) is 14.4. The first-order valence-corrected chi connectivity index (χ1v) is 7.18. The predicted molar refractivity (Wildman–Crippen MR) is 79.7 cm³/mol. The first-order chi connectivity index (χ1) is 10.3. The summed E-state index contributed by atoms with van der Waals surface area (Å²) in [5.41, 5.74) is 3.33. The molecule has 2 aromatic rings. The van der Waals surface area contributed by atoms with Crippen LogP contribution in [0.15, 0.2) is 30.3 Å². The van der Waals surface area contributed by atoms with E-state index in [9.17, 15) is 0 Å². The highest BCUT2D eigenvalue weighted by molar-refractivity contribution is 5.42. The minimum Gasteiger partial charge on any atom is -0.493 e. The lowest BCUT2D eigenvalue weighted by Gasteiger charge is -2.18.